The van der Waals surface area contributed by atoms with E-state index in [9.17, 15) is 16.8 Å². The molecule has 34 heavy (non-hydrogen) atoms. The Morgan fingerprint density at radius 2 is 1.65 bits per heavy atom. The van der Waals surface area contributed by atoms with Gasteiger partial charge in [-0.25, -0.2) is 8.42 Å². The Morgan fingerprint density at radius 1 is 0.853 bits per heavy atom. The Bertz CT molecular complexity index is 1670. The number of nitrogens with zero attached hydrogens (tertiary/aromatic N) is 1. The molecule has 9 nitrogen and oxygen atoms in total. The maximum absolute atomic E-state index is 13.0. The lowest BCUT2D eigenvalue weighted by Gasteiger charge is -2.13. The summed E-state index contributed by atoms with van der Waals surface area (Å²) in [5, 5.41) is 4.28. The minimum Gasteiger partial charge on any atom is -0.443 e. The predicted octanol–water partition coefficient (Wildman–Crippen LogP) is 5.40. The number of thiophene rings is 1. The molecule has 0 aliphatic carbocycles. The Kier molecular flexibility index (Phi) is 5.60. The van der Waals surface area contributed by atoms with Crippen LogP contribution in [-0.4, -0.2) is 22.0 Å². The number of halogens is 1. The monoisotopic (exact) mass is 535 g/mol. The van der Waals surface area contributed by atoms with Gasteiger partial charge >= 0.3 is 0 Å². The number of sulfonamides is 2. The topological polar surface area (TPSA) is 132 Å². The van der Waals surface area contributed by atoms with E-state index in [-0.39, 0.29) is 25.7 Å². The highest BCUT2D eigenvalue weighted by Gasteiger charge is 2.24. The van der Waals surface area contributed by atoms with Crippen molar-refractivity contribution in [2.75, 3.05) is 9.44 Å². The summed E-state index contributed by atoms with van der Waals surface area (Å²) in [5.41, 5.74) is 0.818. The van der Waals surface area contributed by atoms with Crippen LogP contribution in [0.1, 0.15) is 0 Å². The molecule has 0 aliphatic heterocycles. The molecule has 3 heterocycles. The lowest BCUT2D eigenvalue weighted by atomic mass is 10.3. The highest BCUT2D eigenvalue weighted by Crippen LogP contribution is 2.34. The molecule has 5 rings (SSSR count). The average Bonchev–Trinajstić information content (AvgIpc) is 3.55. The van der Waals surface area contributed by atoms with Gasteiger partial charge in [0, 0.05) is 22.5 Å². The number of rotatable bonds is 7. The van der Waals surface area contributed by atoms with Crippen LogP contribution in [-0.2, 0) is 20.0 Å². The van der Waals surface area contributed by atoms with Crippen LogP contribution in [0.2, 0.25) is 5.02 Å². The molecule has 0 saturated heterocycles. The van der Waals surface area contributed by atoms with E-state index < -0.39 is 20.0 Å². The predicted molar refractivity (Wildman–Crippen MR) is 129 cm³/mol. The van der Waals surface area contributed by atoms with E-state index >= 15 is 0 Å². The second-order valence-corrected chi connectivity index (χ2v) is 12.1. The highest BCUT2D eigenvalue weighted by molar-refractivity contribution is 7.94. The molecule has 3 aromatic heterocycles. The number of fused-ring (bicyclic) bond motifs is 1. The van der Waals surface area contributed by atoms with E-state index in [0.29, 0.717) is 21.5 Å². The molecule has 2 aromatic carbocycles. The molecule has 0 amide bonds. The minimum atomic E-state index is -4.19. The number of nitrogens with one attached hydrogen (secondary N) is 2. The van der Waals surface area contributed by atoms with Crippen LogP contribution in [0, 0.1) is 0 Å². The van der Waals surface area contributed by atoms with Crippen LogP contribution < -0.4 is 9.44 Å². The summed E-state index contributed by atoms with van der Waals surface area (Å²) in [6, 6.07) is 16.9. The largest absolute Gasteiger partial charge is 0.443 e. The Balaban J connectivity index is 1.46. The van der Waals surface area contributed by atoms with Gasteiger partial charge in [0.25, 0.3) is 20.0 Å². The summed E-state index contributed by atoms with van der Waals surface area (Å²) in [6.45, 7) is 0. The molecule has 5 aromatic rings. The van der Waals surface area contributed by atoms with Gasteiger partial charge in [-0.3, -0.25) is 9.44 Å². The Labute approximate surface area is 203 Å². The lowest BCUT2D eigenvalue weighted by Crippen LogP contribution is -2.16. The van der Waals surface area contributed by atoms with Crippen LogP contribution in [0.15, 0.2) is 91.2 Å². The normalized spacial score (nSPS) is 12.1. The van der Waals surface area contributed by atoms with E-state index in [4.69, 9.17) is 20.5 Å². The van der Waals surface area contributed by atoms with Crippen LogP contribution in [0.4, 0.5) is 11.4 Å². The van der Waals surface area contributed by atoms with Gasteiger partial charge in [-0.15, -0.1) is 11.3 Å². The summed E-state index contributed by atoms with van der Waals surface area (Å²) in [4.78, 5) is 0.594. The van der Waals surface area contributed by atoms with Gasteiger partial charge in [0.05, 0.1) is 16.3 Å². The third kappa shape index (κ3) is 4.40. The molecule has 13 heteroatoms. The van der Waals surface area contributed by atoms with Crippen LogP contribution in [0.25, 0.3) is 21.5 Å². The van der Waals surface area contributed by atoms with Crippen LogP contribution in [0.3, 0.4) is 0 Å². The molecular weight excluding hydrogens is 522 g/mol. The fraction of sp³-hybridized carbons (Fsp3) is 0. The lowest BCUT2D eigenvalue weighted by molar-refractivity contribution is 0.422. The second kappa shape index (κ2) is 8.47. The third-order valence-electron chi connectivity index (χ3n) is 4.67. The maximum atomic E-state index is 13.0. The minimum absolute atomic E-state index is 0.00606. The van der Waals surface area contributed by atoms with Gasteiger partial charge in [-0.05, 0) is 36.4 Å². The van der Waals surface area contributed by atoms with E-state index in [0.717, 1.165) is 11.3 Å². The quantitative estimate of drug-likeness (QED) is 0.285. The highest BCUT2D eigenvalue weighted by atomic mass is 35.5. The molecule has 0 radical (unpaired) electrons. The zero-order valence-electron chi connectivity index (χ0n) is 16.9. The summed E-state index contributed by atoms with van der Waals surface area (Å²) in [5.74, 6) is 0. The summed E-state index contributed by atoms with van der Waals surface area (Å²) >= 11 is 7.04. The molecule has 0 saturated carbocycles. The van der Waals surface area contributed by atoms with Crippen molar-refractivity contribution in [3.8, 4) is 10.6 Å². The van der Waals surface area contributed by atoms with Crippen molar-refractivity contribution in [1.82, 2.24) is 5.16 Å². The number of furan rings is 1. The fourth-order valence-electron chi connectivity index (χ4n) is 3.11. The second-order valence-electron chi connectivity index (χ2n) is 7.01. The van der Waals surface area contributed by atoms with Gasteiger partial charge in [0.15, 0.2) is 0 Å². The van der Waals surface area contributed by atoms with Crippen molar-refractivity contribution in [1.29, 1.82) is 0 Å². The van der Waals surface area contributed by atoms with E-state index in [1.807, 2.05) is 0 Å². The van der Waals surface area contributed by atoms with Crippen molar-refractivity contribution >= 4 is 65.3 Å². The number of anilines is 2. The number of hydrogen-bond donors (Lipinski definition) is 2. The molecule has 0 fully saturated rings. The fourth-order valence-corrected chi connectivity index (χ4v) is 6.67. The van der Waals surface area contributed by atoms with Crippen molar-refractivity contribution in [2.24, 2.45) is 0 Å². The molecule has 0 unspecified atom stereocenters. The van der Waals surface area contributed by atoms with E-state index in [2.05, 4.69) is 14.6 Å². The molecule has 0 bridgehead atoms. The first kappa shape index (κ1) is 22.5. The number of aromatic nitrogens is 1. The summed E-state index contributed by atoms with van der Waals surface area (Å²) < 4.78 is 67.0. The molecule has 0 spiro atoms. The first-order valence-electron chi connectivity index (χ1n) is 9.56. The van der Waals surface area contributed by atoms with Gasteiger partial charge < -0.3 is 8.94 Å². The molecule has 2 N–H and O–H groups in total. The van der Waals surface area contributed by atoms with Gasteiger partial charge in [0.2, 0.25) is 5.09 Å². The van der Waals surface area contributed by atoms with Crippen LogP contribution in [0.5, 0.6) is 0 Å². The third-order valence-corrected chi connectivity index (χ3v) is 9.09. The summed E-state index contributed by atoms with van der Waals surface area (Å²) in [7, 11) is -8.24. The SMILES string of the molecule is O=S(=O)(Nc1cc(Cl)ccc1NS(=O)(=O)c1ccc(-c2ccon2)s1)c1cc2ccccc2o1. The van der Waals surface area contributed by atoms with E-state index in [1.165, 1.54) is 36.6 Å². The maximum Gasteiger partial charge on any atom is 0.295 e. The summed E-state index contributed by atoms with van der Waals surface area (Å²) in [6.07, 6.45) is 1.38. The molecule has 0 aliphatic rings. The first-order chi connectivity index (χ1) is 16.2. The Morgan fingerprint density at radius 3 is 2.41 bits per heavy atom. The smallest absolute Gasteiger partial charge is 0.295 e. The van der Waals surface area contributed by atoms with Gasteiger partial charge in [-0.2, -0.15) is 8.42 Å². The van der Waals surface area contributed by atoms with Crippen molar-refractivity contribution in [2.45, 2.75) is 9.30 Å². The zero-order valence-corrected chi connectivity index (χ0v) is 20.1. The molecule has 174 valence electrons. The first-order valence-corrected chi connectivity index (χ1v) is 13.7. The van der Waals surface area contributed by atoms with E-state index in [1.54, 1.807) is 36.4 Å². The Hall–Kier alpha value is -3.32. The van der Waals surface area contributed by atoms with Crippen molar-refractivity contribution < 1.29 is 25.8 Å². The average molecular weight is 536 g/mol. The van der Waals surface area contributed by atoms with Crippen LogP contribution >= 0.6 is 22.9 Å². The van der Waals surface area contributed by atoms with Crippen molar-refractivity contribution in [3.05, 3.63) is 78.0 Å². The number of benzene rings is 2. The molecular formula is C21H14ClN3O6S3. The standard InChI is InChI=1S/C21H14ClN3O6S3/c22-14-5-6-15(24-34(28,29)21-8-7-19(32-21)16-9-10-30-23-16)17(12-14)25-33(26,27)20-11-13-3-1-2-4-18(13)31-20/h1-12,24-25H. The van der Waals surface area contributed by atoms with Crippen molar-refractivity contribution in [3.63, 3.8) is 0 Å². The van der Waals surface area contributed by atoms with Gasteiger partial charge in [0.1, 0.15) is 21.7 Å². The number of hydrogen-bond acceptors (Lipinski definition) is 8. The van der Waals surface area contributed by atoms with Gasteiger partial charge in [-0.1, -0.05) is 35.0 Å². The number of para-hydroxylation sites is 1. The molecule has 0 atom stereocenters. The zero-order chi connectivity index (χ0) is 23.9.